The van der Waals surface area contributed by atoms with Crippen LogP contribution in [0.3, 0.4) is 0 Å². The summed E-state index contributed by atoms with van der Waals surface area (Å²) >= 11 is 0. The molecule has 2 aromatic rings. The molecule has 0 aliphatic heterocycles. The maximum Gasteiger partial charge on any atom is 0.511 e. The van der Waals surface area contributed by atoms with Crippen LogP contribution in [0.25, 0.3) is 11.1 Å². The molecule has 0 amide bonds. The quantitative estimate of drug-likeness (QED) is 0.782. The van der Waals surface area contributed by atoms with Crippen LogP contribution in [0.4, 0.5) is 4.79 Å². The van der Waals surface area contributed by atoms with Crippen LogP contribution in [-0.2, 0) is 0 Å². The van der Waals surface area contributed by atoms with Crippen molar-refractivity contribution in [1.82, 2.24) is 4.98 Å². The first-order chi connectivity index (χ1) is 7.75. The van der Waals surface area contributed by atoms with E-state index in [4.69, 9.17) is 5.11 Å². The van der Waals surface area contributed by atoms with E-state index < -0.39 is 6.16 Å². The van der Waals surface area contributed by atoms with E-state index in [1.54, 1.807) is 12.3 Å². The second kappa shape index (κ2) is 4.44. The highest BCUT2D eigenvalue weighted by molar-refractivity contribution is 5.66. The Bertz CT molecular complexity index is 497. The number of hydrogen-bond donors (Lipinski definition) is 1. The number of benzene rings is 1. The molecule has 16 heavy (non-hydrogen) atoms. The van der Waals surface area contributed by atoms with Crippen LogP contribution in [0, 0.1) is 0 Å². The predicted octanol–water partition coefficient (Wildman–Crippen LogP) is 2.81. The molecular weight excluding hydrogens is 206 g/mol. The summed E-state index contributed by atoms with van der Waals surface area (Å²) in [5, 5.41) is 8.48. The van der Waals surface area contributed by atoms with E-state index in [-0.39, 0.29) is 5.75 Å². The number of pyridine rings is 1. The molecule has 4 heteroatoms. The van der Waals surface area contributed by atoms with Crippen molar-refractivity contribution in [2.45, 2.75) is 0 Å². The molecule has 0 atom stereocenters. The maximum absolute atomic E-state index is 10.4. The number of nitrogens with zero attached hydrogens (tertiary/aromatic N) is 1. The SMILES string of the molecule is O=C(O)Oc1cncc(-c2ccccc2)c1. The van der Waals surface area contributed by atoms with Crippen molar-refractivity contribution in [2.24, 2.45) is 0 Å². The molecule has 0 saturated heterocycles. The first kappa shape index (κ1) is 10.2. The van der Waals surface area contributed by atoms with Crippen molar-refractivity contribution < 1.29 is 14.6 Å². The molecule has 0 bridgehead atoms. The lowest BCUT2D eigenvalue weighted by Crippen LogP contribution is -2.03. The molecule has 0 saturated carbocycles. The minimum atomic E-state index is -1.34. The molecule has 0 unspecified atom stereocenters. The van der Waals surface area contributed by atoms with Crippen LogP contribution in [0.15, 0.2) is 48.8 Å². The normalized spacial score (nSPS) is 9.75. The van der Waals surface area contributed by atoms with Crippen molar-refractivity contribution in [3.8, 4) is 16.9 Å². The number of hydrogen-bond acceptors (Lipinski definition) is 3. The lowest BCUT2D eigenvalue weighted by Gasteiger charge is -2.03. The zero-order valence-electron chi connectivity index (χ0n) is 8.33. The molecule has 0 radical (unpaired) electrons. The third-order valence-electron chi connectivity index (χ3n) is 2.03. The molecule has 0 spiro atoms. The Morgan fingerprint density at radius 3 is 2.56 bits per heavy atom. The fourth-order valence-corrected chi connectivity index (χ4v) is 1.36. The third-order valence-corrected chi connectivity index (χ3v) is 2.03. The number of carbonyl (C=O) groups is 1. The Labute approximate surface area is 92.1 Å². The maximum atomic E-state index is 10.4. The first-order valence-electron chi connectivity index (χ1n) is 4.67. The summed E-state index contributed by atoms with van der Waals surface area (Å²) in [6.45, 7) is 0. The molecule has 80 valence electrons. The van der Waals surface area contributed by atoms with Gasteiger partial charge in [-0.25, -0.2) is 4.79 Å². The molecule has 0 aliphatic carbocycles. The van der Waals surface area contributed by atoms with E-state index in [1.165, 1.54) is 6.20 Å². The highest BCUT2D eigenvalue weighted by Gasteiger charge is 2.03. The van der Waals surface area contributed by atoms with Crippen LogP contribution in [0.5, 0.6) is 5.75 Å². The molecule has 1 N–H and O–H groups in total. The van der Waals surface area contributed by atoms with Gasteiger partial charge in [-0.05, 0) is 11.6 Å². The topological polar surface area (TPSA) is 59.4 Å². The van der Waals surface area contributed by atoms with Gasteiger partial charge in [-0.1, -0.05) is 30.3 Å². The third kappa shape index (κ3) is 2.36. The molecule has 1 aromatic carbocycles. The molecule has 4 nitrogen and oxygen atoms in total. The van der Waals surface area contributed by atoms with E-state index in [0.717, 1.165) is 11.1 Å². The Kier molecular flexibility index (Phi) is 2.82. The lowest BCUT2D eigenvalue weighted by atomic mass is 10.1. The summed E-state index contributed by atoms with van der Waals surface area (Å²) in [4.78, 5) is 14.3. The highest BCUT2D eigenvalue weighted by atomic mass is 16.7. The van der Waals surface area contributed by atoms with Gasteiger partial charge < -0.3 is 9.84 Å². The van der Waals surface area contributed by atoms with Gasteiger partial charge in [-0.15, -0.1) is 0 Å². The van der Waals surface area contributed by atoms with Gasteiger partial charge in [0, 0.05) is 11.8 Å². The molecular formula is C12H9NO3. The van der Waals surface area contributed by atoms with Crippen molar-refractivity contribution >= 4 is 6.16 Å². The summed E-state index contributed by atoms with van der Waals surface area (Å²) in [7, 11) is 0. The predicted molar refractivity (Wildman–Crippen MR) is 58.3 cm³/mol. The summed E-state index contributed by atoms with van der Waals surface area (Å²) < 4.78 is 4.53. The standard InChI is InChI=1S/C12H9NO3/c14-12(15)16-11-6-10(7-13-8-11)9-4-2-1-3-5-9/h1-8H,(H,14,15). The van der Waals surface area contributed by atoms with Crippen molar-refractivity contribution in [3.63, 3.8) is 0 Å². The van der Waals surface area contributed by atoms with Gasteiger partial charge in [0.25, 0.3) is 0 Å². The van der Waals surface area contributed by atoms with Gasteiger partial charge in [0.2, 0.25) is 0 Å². The zero-order chi connectivity index (χ0) is 11.4. The molecule has 1 heterocycles. The van der Waals surface area contributed by atoms with Gasteiger partial charge >= 0.3 is 6.16 Å². The second-order valence-corrected chi connectivity index (χ2v) is 3.14. The van der Waals surface area contributed by atoms with Crippen LogP contribution in [-0.4, -0.2) is 16.2 Å². The number of aromatic nitrogens is 1. The van der Waals surface area contributed by atoms with E-state index in [2.05, 4.69) is 9.72 Å². The van der Waals surface area contributed by atoms with Gasteiger partial charge in [0.05, 0.1) is 6.20 Å². The van der Waals surface area contributed by atoms with Crippen molar-refractivity contribution in [1.29, 1.82) is 0 Å². The first-order valence-corrected chi connectivity index (χ1v) is 4.67. The van der Waals surface area contributed by atoms with Crippen LogP contribution < -0.4 is 4.74 Å². The fraction of sp³-hybridized carbons (Fsp3) is 0. The van der Waals surface area contributed by atoms with Crippen molar-refractivity contribution in [2.75, 3.05) is 0 Å². The smallest absolute Gasteiger partial charge is 0.449 e. The van der Waals surface area contributed by atoms with E-state index >= 15 is 0 Å². The summed E-state index contributed by atoms with van der Waals surface area (Å²) in [6.07, 6.45) is 1.68. The van der Waals surface area contributed by atoms with E-state index in [1.807, 2.05) is 30.3 Å². The van der Waals surface area contributed by atoms with Gasteiger partial charge in [0.15, 0.2) is 5.75 Å². The number of ether oxygens (including phenoxy) is 1. The van der Waals surface area contributed by atoms with Crippen LogP contribution >= 0.6 is 0 Å². The highest BCUT2D eigenvalue weighted by Crippen LogP contribution is 2.22. The van der Waals surface area contributed by atoms with Gasteiger partial charge in [-0.2, -0.15) is 0 Å². The number of carboxylic acid groups (broad SMARTS) is 1. The lowest BCUT2D eigenvalue weighted by molar-refractivity contribution is 0.144. The van der Waals surface area contributed by atoms with Crippen LogP contribution in [0.1, 0.15) is 0 Å². The monoisotopic (exact) mass is 215 g/mol. The average molecular weight is 215 g/mol. The van der Waals surface area contributed by atoms with E-state index in [9.17, 15) is 4.79 Å². The Hall–Kier alpha value is -2.36. The largest absolute Gasteiger partial charge is 0.511 e. The molecule has 0 fully saturated rings. The average Bonchev–Trinajstić information content (AvgIpc) is 2.30. The second-order valence-electron chi connectivity index (χ2n) is 3.14. The Morgan fingerprint density at radius 2 is 1.88 bits per heavy atom. The van der Waals surface area contributed by atoms with Gasteiger partial charge in [-0.3, -0.25) is 4.98 Å². The zero-order valence-corrected chi connectivity index (χ0v) is 8.33. The molecule has 0 aliphatic rings. The minimum absolute atomic E-state index is 0.217. The Balaban J connectivity index is 2.33. The fourth-order valence-electron chi connectivity index (χ4n) is 1.36. The Morgan fingerprint density at radius 1 is 1.12 bits per heavy atom. The molecule has 1 aromatic heterocycles. The number of rotatable bonds is 2. The summed E-state index contributed by atoms with van der Waals surface area (Å²) in [5.74, 6) is 0.217. The molecule has 2 rings (SSSR count). The summed E-state index contributed by atoms with van der Waals surface area (Å²) in [5.41, 5.74) is 1.78. The van der Waals surface area contributed by atoms with E-state index in [0.29, 0.717) is 0 Å². The van der Waals surface area contributed by atoms with Gasteiger partial charge in [0.1, 0.15) is 0 Å². The van der Waals surface area contributed by atoms with Crippen molar-refractivity contribution in [3.05, 3.63) is 48.8 Å². The minimum Gasteiger partial charge on any atom is -0.449 e. The summed E-state index contributed by atoms with van der Waals surface area (Å²) in [6, 6.07) is 11.2. The van der Waals surface area contributed by atoms with Crippen LogP contribution in [0.2, 0.25) is 0 Å².